The van der Waals surface area contributed by atoms with Crippen LogP contribution in [0.4, 0.5) is 0 Å². The maximum atomic E-state index is 13.3. The van der Waals surface area contributed by atoms with Gasteiger partial charge in [-0.25, -0.2) is 0 Å². The zero-order valence-corrected chi connectivity index (χ0v) is 16.8. The third-order valence-electron chi connectivity index (χ3n) is 5.69. The quantitative estimate of drug-likeness (QED) is 0.792. The highest BCUT2D eigenvalue weighted by molar-refractivity contribution is 5.80. The molecule has 4 heteroatoms. The van der Waals surface area contributed by atoms with Crippen molar-refractivity contribution in [2.24, 2.45) is 0 Å². The van der Waals surface area contributed by atoms with E-state index in [0.29, 0.717) is 6.04 Å². The van der Waals surface area contributed by atoms with Crippen LogP contribution in [0.3, 0.4) is 0 Å². The van der Waals surface area contributed by atoms with Crippen molar-refractivity contribution >= 4 is 10.9 Å². The SMILES string of the molecule is CCC1CCCCN1Cc1cc2ccc(C)cc2n(CCN(C)C)c1=O. The maximum absolute atomic E-state index is 13.3. The maximum Gasteiger partial charge on any atom is 0.255 e. The van der Waals surface area contributed by atoms with Crippen LogP contribution in [-0.4, -0.2) is 47.6 Å². The summed E-state index contributed by atoms with van der Waals surface area (Å²) in [5.41, 5.74) is 3.39. The number of hydrogen-bond donors (Lipinski definition) is 0. The first kappa shape index (κ1) is 19.1. The molecule has 0 saturated carbocycles. The van der Waals surface area contributed by atoms with Crippen molar-refractivity contribution in [1.82, 2.24) is 14.4 Å². The van der Waals surface area contributed by atoms with Crippen LogP contribution in [-0.2, 0) is 13.1 Å². The third-order valence-corrected chi connectivity index (χ3v) is 5.69. The minimum atomic E-state index is 0.186. The van der Waals surface area contributed by atoms with Crippen LogP contribution in [0, 0.1) is 6.92 Å². The van der Waals surface area contributed by atoms with E-state index in [1.807, 2.05) is 4.57 Å². The van der Waals surface area contributed by atoms with E-state index in [1.54, 1.807) is 0 Å². The first-order chi connectivity index (χ1) is 12.5. The van der Waals surface area contributed by atoms with Crippen molar-refractivity contribution in [2.45, 2.75) is 58.7 Å². The minimum Gasteiger partial charge on any atom is -0.308 e. The number of hydrogen-bond acceptors (Lipinski definition) is 3. The van der Waals surface area contributed by atoms with Gasteiger partial charge in [0.2, 0.25) is 0 Å². The number of likely N-dealkylation sites (N-methyl/N-ethyl adjacent to an activating group) is 1. The number of piperidine rings is 1. The Labute approximate surface area is 157 Å². The molecule has 26 heavy (non-hydrogen) atoms. The molecule has 1 aromatic carbocycles. The molecule has 0 radical (unpaired) electrons. The van der Waals surface area contributed by atoms with Crippen molar-refractivity contribution in [3.63, 3.8) is 0 Å². The van der Waals surface area contributed by atoms with E-state index in [0.717, 1.165) is 37.3 Å². The molecular formula is C22H33N3O. The molecule has 0 spiro atoms. The summed E-state index contributed by atoms with van der Waals surface area (Å²) < 4.78 is 1.99. The van der Waals surface area contributed by atoms with E-state index in [4.69, 9.17) is 0 Å². The highest BCUT2D eigenvalue weighted by Gasteiger charge is 2.22. The molecule has 2 heterocycles. The lowest BCUT2D eigenvalue weighted by atomic mass is 9.99. The molecule has 3 rings (SSSR count). The van der Waals surface area contributed by atoms with Crippen LogP contribution in [0.5, 0.6) is 0 Å². The normalized spacial score (nSPS) is 18.7. The van der Waals surface area contributed by atoms with Gasteiger partial charge in [0.1, 0.15) is 0 Å². The molecule has 1 aliphatic rings. The van der Waals surface area contributed by atoms with Crippen LogP contribution in [0.2, 0.25) is 0 Å². The van der Waals surface area contributed by atoms with E-state index < -0.39 is 0 Å². The molecule has 2 aromatic rings. The van der Waals surface area contributed by atoms with E-state index in [2.05, 4.69) is 62.0 Å². The number of pyridine rings is 1. The fourth-order valence-corrected chi connectivity index (χ4v) is 4.13. The van der Waals surface area contributed by atoms with E-state index in [9.17, 15) is 4.79 Å². The second kappa shape index (κ2) is 8.36. The number of fused-ring (bicyclic) bond motifs is 1. The third kappa shape index (κ3) is 4.18. The van der Waals surface area contributed by atoms with Crippen LogP contribution in [0.15, 0.2) is 29.1 Å². The standard InChI is InChI=1S/C22H33N3O/c1-5-20-8-6-7-11-24(20)16-19-15-18-10-9-17(2)14-21(18)25(22(19)26)13-12-23(3)4/h9-10,14-15,20H,5-8,11-13,16H2,1-4H3. The van der Waals surface area contributed by atoms with E-state index >= 15 is 0 Å². The molecule has 0 bridgehead atoms. The minimum absolute atomic E-state index is 0.186. The van der Waals surface area contributed by atoms with Gasteiger partial charge in [0, 0.05) is 31.2 Å². The highest BCUT2D eigenvalue weighted by Crippen LogP contribution is 2.22. The second-order valence-corrected chi connectivity index (χ2v) is 8.02. The lowest BCUT2D eigenvalue weighted by Crippen LogP contribution is -2.40. The van der Waals surface area contributed by atoms with Crippen molar-refractivity contribution in [3.05, 3.63) is 45.7 Å². The molecule has 1 aromatic heterocycles. The highest BCUT2D eigenvalue weighted by atomic mass is 16.1. The average Bonchev–Trinajstić information content (AvgIpc) is 2.62. The number of rotatable bonds is 6. The summed E-state index contributed by atoms with van der Waals surface area (Å²) in [5.74, 6) is 0. The molecule has 1 fully saturated rings. The molecule has 4 nitrogen and oxygen atoms in total. The summed E-state index contributed by atoms with van der Waals surface area (Å²) in [6.45, 7) is 7.85. The van der Waals surface area contributed by atoms with Crippen molar-refractivity contribution in [2.75, 3.05) is 27.2 Å². The molecule has 1 atom stereocenters. The van der Waals surface area contributed by atoms with Gasteiger partial charge in [0.25, 0.3) is 5.56 Å². The number of nitrogens with zero attached hydrogens (tertiary/aromatic N) is 3. The summed E-state index contributed by atoms with van der Waals surface area (Å²) in [5, 5.41) is 1.18. The lowest BCUT2D eigenvalue weighted by molar-refractivity contribution is 0.135. The summed E-state index contributed by atoms with van der Waals surface area (Å²) in [6, 6.07) is 9.19. The average molecular weight is 356 g/mol. The molecule has 0 aliphatic carbocycles. The zero-order chi connectivity index (χ0) is 18.7. The Kier molecular flexibility index (Phi) is 6.15. The topological polar surface area (TPSA) is 28.5 Å². The zero-order valence-electron chi connectivity index (χ0n) is 16.8. The van der Waals surface area contributed by atoms with Crippen LogP contribution in [0.1, 0.15) is 43.7 Å². The van der Waals surface area contributed by atoms with E-state index in [-0.39, 0.29) is 5.56 Å². The molecule has 1 saturated heterocycles. The smallest absolute Gasteiger partial charge is 0.255 e. The first-order valence-corrected chi connectivity index (χ1v) is 10.0. The summed E-state index contributed by atoms with van der Waals surface area (Å²) in [4.78, 5) is 18.0. The molecule has 0 amide bonds. The van der Waals surface area contributed by atoms with E-state index in [1.165, 1.54) is 36.6 Å². The monoisotopic (exact) mass is 355 g/mol. The Bertz CT molecular complexity index is 809. The molecular weight excluding hydrogens is 322 g/mol. The van der Waals surface area contributed by atoms with Gasteiger partial charge < -0.3 is 9.47 Å². The molecule has 0 N–H and O–H groups in total. The van der Waals surface area contributed by atoms with Gasteiger partial charge in [-0.15, -0.1) is 0 Å². The van der Waals surface area contributed by atoms with Crippen LogP contribution in [0.25, 0.3) is 10.9 Å². The molecule has 1 aliphatic heterocycles. The molecule has 142 valence electrons. The van der Waals surface area contributed by atoms with Crippen molar-refractivity contribution in [3.8, 4) is 0 Å². The predicted molar refractivity (Wildman–Crippen MR) is 110 cm³/mol. The Morgan fingerprint density at radius 3 is 2.73 bits per heavy atom. The van der Waals surface area contributed by atoms with Gasteiger partial charge in [-0.05, 0) is 69.9 Å². The van der Waals surface area contributed by atoms with Gasteiger partial charge in [-0.1, -0.05) is 25.5 Å². The van der Waals surface area contributed by atoms with Crippen LogP contribution < -0.4 is 5.56 Å². The number of aromatic nitrogens is 1. The summed E-state index contributed by atoms with van der Waals surface area (Å²) >= 11 is 0. The van der Waals surface area contributed by atoms with Crippen molar-refractivity contribution in [1.29, 1.82) is 0 Å². The summed E-state index contributed by atoms with van der Waals surface area (Å²) in [6.07, 6.45) is 5.00. The van der Waals surface area contributed by atoms with Gasteiger partial charge in [0.05, 0.1) is 5.52 Å². The number of aryl methyl sites for hydroxylation is 1. The largest absolute Gasteiger partial charge is 0.308 e. The predicted octanol–water partition coefficient (Wildman–Crippen LogP) is 3.64. The summed E-state index contributed by atoms with van der Waals surface area (Å²) in [7, 11) is 4.11. The van der Waals surface area contributed by atoms with Gasteiger partial charge >= 0.3 is 0 Å². The fraction of sp³-hybridized carbons (Fsp3) is 0.591. The van der Waals surface area contributed by atoms with Gasteiger partial charge in [0.15, 0.2) is 0 Å². The Balaban J connectivity index is 2.01. The lowest BCUT2D eigenvalue weighted by Gasteiger charge is -2.35. The first-order valence-electron chi connectivity index (χ1n) is 10.0. The molecule has 1 unspecified atom stereocenters. The Hall–Kier alpha value is -1.65. The number of benzene rings is 1. The van der Waals surface area contributed by atoms with Crippen LogP contribution >= 0.6 is 0 Å². The van der Waals surface area contributed by atoms with Gasteiger partial charge in [-0.3, -0.25) is 9.69 Å². The second-order valence-electron chi connectivity index (χ2n) is 8.02. The fourth-order valence-electron chi connectivity index (χ4n) is 4.13. The van der Waals surface area contributed by atoms with Gasteiger partial charge in [-0.2, -0.15) is 0 Å². The number of likely N-dealkylation sites (tertiary alicyclic amines) is 1. The Morgan fingerprint density at radius 2 is 2.00 bits per heavy atom. The Morgan fingerprint density at radius 1 is 1.19 bits per heavy atom. The van der Waals surface area contributed by atoms with Crippen molar-refractivity contribution < 1.29 is 0 Å².